The van der Waals surface area contributed by atoms with Gasteiger partial charge in [0.1, 0.15) is 12.4 Å². The average Bonchev–Trinajstić information content (AvgIpc) is 3.08. The molecular weight excluding hydrogens is 447 g/mol. The van der Waals surface area contributed by atoms with Crippen LogP contribution in [0, 0.1) is 0 Å². The van der Waals surface area contributed by atoms with Crippen molar-refractivity contribution in [1.29, 1.82) is 0 Å². The smallest absolute Gasteiger partial charge is 0.417 e. The molecule has 0 radical (unpaired) electrons. The van der Waals surface area contributed by atoms with Gasteiger partial charge >= 0.3 is 12.1 Å². The van der Waals surface area contributed by atoms with Crippen molar-refractivity contribution in [1.82, 2.24) is 13.9 Å². The molecule has 0 unspecified atom stereocenters. The summed E-state index contributed by atoms with van der Waals surface area (Å²) in [5.74, 6) is -0.817. The van der Waals surface area contributed by atoms with Crippen LogP contribution >= 0.6 is 0 Å². The van der Waals surface area contributed by atoms with Crippen molar-refractivity contribution in [2.24, 2.45) is 0 Å². The second kappa shape index (κ2) is 8.91. The summed E-state index contributed by atoms with van der Waals surface area (Å²) in [5.41, 5.74) is -0.655. The number of sulfonamides is 1. The highest BCUT2D eigenvalue weighted by Crippen LogP contribution is 2.32. The predicted molar refractivity (Wildman–Crippen MR) is 111 cm³/mol. The number of hydrogen-bond donors (Lipinski definition) is 0. The van der Waals surface area contributed by atoms with Crippen LogP contribution < -0.4 is 0 Å². The van der Waals surface area contributed by atoms with Crippen molar-refractivity contribution < 1.29 is 31.1 Å². The van der Waals surface area contributed by atoms with Gasteiger partial charge in [0, 0.05) is 20.6 Å². The summed E-state index contributed by atoms with van der Waals surface area (Å²) in [6.07, 6.45) is -3.99. The van der Waals surface area contributed by atoms with E-state index in [4.69, 9.17) is 4.74 Å². The lowest BCUT2D eigenvalue weighted by Gasteiger charge is -2.13. The molecular formula is C21H22F3N3O4S. The van der Waals surface area contributed by atoms with Gasteiger partial charge in [0.2, 0.25) is 10.0 Å². The second-order valence-corrected chi connectivity index (χ2v) is 9.39. The fourth-order valence-corrected chi connectivity index (χ4v) is 4.15. The van der Waals surface area contributed by atoms with Crippen LogP contribution in [0.25, 0.3) is 11.0 Å². The highest BCUT2D eigenvalue weighted by molar-refractivity contribution is 7.89. The van der Waals surface area contributed by atoms with E-state index in [1.807, 2.05) is 6.92 Å². The number of carbonyl (C=O) groups excluding carboxylic acids is 1. The number of ether oxygens (including phenoxy) is 1. The van der Waals surface area contributed by atoms with Crippen LogP contribution in [0.15, 0.2) is 47.4 Å². The summed E-state index contributed by atoms with van der Waals surface area (Å²) in [4.78, 5) is 16.8. The van der Waals surface area contributed by atoms with Crippen LogP contribution in [0.3, 0.4) is 0 Å². The topological polar surface area (TPSA) is 81.5 Å². The van der Waals surface area contributed by atoms with E-state index in [-0.39, 0.29) is 11.5 Å². The Labute approximate surface area is 183 Å². The summed E-state index contributed by atoms with van der Waals surface area (Å²) in [6, 6.07) is 8.87. The molecule has 0 aliphatic heterocycles. The monoisotopic (exact) mass is 469 g/mol. The maximum atomic E-state index is 13.2. The highest BCUT2D eigenvalue weighted by Gasteiger charge is 2.35. The van der Waals surface area contributed by atoms with E-state index in [0.29, 0.717) is 29.8 Å². The predicted octanol–water partition coefficient (Wildman–Crippen LogP) is 4.07. The van der Waals surface area contributed by atoms with E-state index in [1.54, 1.807) is 10.6 Å². The molecule has 3 rings (SSSR count). The minimum absolute atomic E-state index is 0.0544. The van der Waals surface area contributed by atoms with Gasteiger partial charge in [-0.05, 0) is 36.8 Å². The molecule has 0 atom stereocenters. The molecule has 0 spiro atoms. The molecule has 1 aromatic heterocycles. The molecule has 0 aliphatic rings. The molecule has 0 saturated carbocycles. The molecule has 1 heterocycles. The Balaban J connectivity index is 1.94. The molecule has 0 saturated heterocycles. The number of benzene rings is 2. The number of aryl methyl sites for hydroxylation is 1. The number of carbonyl (C=O) groups is 1. The van der Waals surface area contributed by atoms with E-state index in [1.165, 1.54) is 38.4 Å². The van der Waals surface area contributed by atoms with Crippen molar-refractivity contribution in [3.8, 4) is 0 Å². The van der Waals surface area contributed by atoms with Gasteiger partial charge in [0.05, 0.1) is 27.1 Å². The third kappa shape index (κ3) is 4.63. The number of esters is 1. The fourth-order valence-electron chi connectivity index (χ4n) is 3.23. The lowest BCUT2D eigenvalue weighted by molar-refractivity contribution is -0.138. The number of imidazole rings is 1. The zero-order valence-corrected chi connectivity index (χ0v) is 18.5. The van der Waals surface area contributed by atoms with Crippen molar-refractivity contribution in [3.63, 3.8) is 0 Å². The van der Waals surface area contributed by atoms with Crippen molar-refractivity contribution in [3.05, 3.63) is 59.4 Å². The summed E-state index contributed by atoms with van der Waals surface area (Å²) >= 11 is 0. The molecule has 0 fully saturated rings. The van der Waals surface area contributed by atoms with Crippen LogP contribution in [0.2, 0.25) is 0 Å². The van der Waals surface area contributed by atoms with E-state index in [9.17, 15) is 26.4 Å². The van der Waals surface area contributed by atoms with E-state index in [2.05, 4.69) is 4.98 Å². The van der Waals surface area contributed by atoms with Gasteiger partial charge in [-0.15, -0.1) is 0 Å². The number of nitrogens with zero attached hydrogens (tertiary/aromatic N) is 3. The third-order valence-corrected chi connectivity index (χ3v) is 6.62. The molecule has 7 nitrogen and oxygen atoms in total. The van der Waals surface area contributed by atoms with Crippen LogP contribution in [0.5, 0.6) is 0 Å². The summed E-state index contributed by atoms with van der Waals surface area (Å²) in [7, 11) is -0.841. The Morgan fingerprint density at radius 3 is 2.47 bits per heavy atom. The first-order chi connectivity index (χ1) is 15.0. The molecule has 0 amide bonds. The Bertz CT molecular complexity index is 1250. The van der Waals surface area contributed by atoms with E-state index in [0.717, 1.165) is 16.4 Å². The summed E-state index contributed by atoms with van der Waals surface area (Å²) < 4.78 is 72.4. The van der Waals surface area contributed by atoms with Gasteiger partial charge < -0.3 is 9.30 Å². The quantitative estimate of drug-likeness (QED) is 0.487. The molecule has 2 aromatic carbocycles. The van der Waals surface area contributed by atoms with Crippen molar-refractivity contribution in [2.45, 2.75) is 37.6 Å². The van der Waals surface area contributed by atoms with Gasteiger partial charge in [-0.3, -0.25) is 0 Å². The Morgan fingerprint density at radius 1 is 1.16 bits per heavy atom. The Morgan fingerprint density at radius 2 is 1.84 bits per heavy atom. The first-order valence-electron chi connectivity index (χ1n) is 9.72. The zero-order valence-electron chi connectivity index (χ0n) is 17.7. The lowest BCUT2D eigenvalue weighted by Crippen LogP contribution is -2.22. The summed E-state index contributed by atoms with van der Waals surface area (Å²) in [6.45, 7) is 2.06. The molecule has 11 heteroatoms. The van der Waals surface area contributed by atoms with Crippen LogP contribution in [-0.2, 0) is 34.1 Å². The second-order valence-electron chi connectivity index (χ2n) is 7.24. The number of fused-ring (bicyclic) bond motifs is 1. The highest BCUT2D eigenvalue weighted by atomic mass is 32.2. The summed E-state index contributed by atoms with van der Waals surface area (Å²) in [5, 5.41) is 0. The largest absolute Gasteiger partial charge is 0.454 e. The molecule has 0 bridgehead atoms. The Kier molecular flexibility index (Phi) is 6.61. The van der Waals surface area contributed by atoms with Gasteiger partial charge in [0.25, 0.3) is 0 Å². The van der Waals surface area contributed by atoms with Crippen LogP contribution in [0.1, 0.15) is 35.1 Å². The molecule has 3 aromatic rings. The lowest BCUT2D eigenvalue weighted by atomic mass is 10.1. The SMILES string of the molecule is CCCn1c(COC(=O)c2ccccc2C(F)(F)F)nc2cc(S(=O)(=O)N(C)C)ccc21. The van der Waals surface area contributed by atoms with E-state index >= 15 is 0 Å². The van der Waals surface area contributed by atoms with Crippen LogP contribution in [0.4, 0.5) is 13.2 Å². The van der Waals surface area contributed by atoms with Crippen molar-refractivity contribution in [2.75, 3.05) is 14.1 Å². The number of hydrogen-bond acceptors (Lipinski definition) is 5. The van der Waals surface area contributed by atoms with Gasteiger partial charge in [0.15, 0.2) is 0 Å². The number of halogens is 3. The van der Waals surface area contributed by atoms with Gasteiger partial charge in [-0.1, -0.05) is 19.1 Å². The molecule has 0 N–H and O–H groups in total. The molecule has 32 heavy (non-hydrogen) atoms. The van der Waals surface area contributed by atoms with Crippen LogP contribution in [-0.4, -0.2) is 42.3 Å². The molecule has 172 valence electrons. The zero-order chi connectivity index (χ0) is 23.7. The number of alkyl halides is 3. The standard InChI is InChI=1S/C21H22F3N3O4S/c1-4-11-27-18-10-9-14(32(29,30)26(2)3)12-17(18)25-19(27)13-31-20(28)15-7-5-6-8-16(15)21(22,23)24/h5-10,12H,4,11,13H2,1-3H3. The first kappa shape index (κ1) is 23.7. The maximum Gasteiger partial charge on any atom is 0.417 e. The molecule has 0 aliphatic carbocycles. The van der Waals surface area contributed by atoms with Crippen molar-refractivity contribution >= 4 is 27.0 Å². The van der Waals surface area contributed by atoms with Gasteiger partial charge in [-0.2, -0.15) is 13.2 Å². The number of rotatable bonds is 7. The Hall–Kier alpha value is -2.92. The normalized spacial score (nSPS) is 12.5. The van der Waals surface area contributed by atoms with Gasteiger partial charge in [-0.25, -0.2) is 22.5 Å². The minimum atomic E-state index is -4.70. The fraction of sp³-hybridized carbons (Fsp3) is 0.333. The third-order valence-electron chi connectivity index (χ3n) is 4.81. The number of aromatic nitrogens is 2. The average molecular weight is 469 g/mol. The minimum Gasteiger partial charge on any atom is -0.454 e. The maximum absolute atomic E-state index is 13.2. The van der Waals surface area contributed by atoms with E-state index < -0.39 is 33.3 Å². The first-order valence-corrected chi connectivity index (χ1v) is 11.2.